The number of carbonyl (C=O) groups is 1. The molecule has 1 amide bonds. The molecule has 0 radical (unpaired) electrons. The van der Waals surface area contributed by atoms with Gasteiger partial charge in [0.15, 0.2) is 0 Å². The van der Waals surface area contributed by atoms with Crippen molar-refractivity contribution in [2.45, 2.75) is 86.0 Å². The van der Waals surface area contributed by atoms with Crippen LogP contribution in [0.3, 0.4) is 0 Å². The molecule has 1 heterocycles. The normalized spacial score (nSPS) is 16.2. The smallest absolute Gasteiger partial charge is 0.243 e. The standard InChI is InChI=1S/C26H44N2O/c1-22(2)11-8-12-23(3)13-9-14-24(4)15-10-16-25(5)21-26(29)27-17-20-28-18-6-7-19-28/h11,13,15,21H,6-10,12,14,16-20H2,1-5H3,(H,27,29). The zero-order valence-electron chi connectivity index (χ0n) is 19.7. The van der Waals surface area contributed by atoms with Crippen molar-refractivity contribution in [3.63, 3.8) is 0 Å². The molecule has 0 spiro atoms. The molecule has 0 aliphatic carbocycles. The Morgan fingerprint density at radius 2 is 1.31 bits per heavy atom. The van der Waals surface area contributed by atoms with E-state index in [0.29, 0.717) is 0 Å². The first-order valence-corrected chi connectivity index (χ1v) is 11.5. The average molecular weight is 401 g/mol. The number of hydrogen-bond donors (Lipinski definition) is 1. The predicted octanol–water partition coefficient (Wildman–Crippen LogP) is 6.34. The maximum absolute atomic E-state index is 12.0. The van der Waals surface area contributed by atoms with Crippen LogP contribution in [0.15, 0.2) is 46.6 Å². The number of rotatable bonds is 13. The third-order valence-electron chi connectivity index (χ3n) is 5.46. The molecule has 0 unspecified atom stereocenters. The van der Waals surface area contributed by atoms with Gasteiger partial charge < -0.3 is 10.2 Å². The first kappa shape index (κ1) is 25.4. The van der Waals surface area contributed by atoms with Gasteiger partial charge in [0.25, 0.3) is 0 Å². The Balaban J connectivity index is 2.18. The van der Waals surface area contributed by atoms with Gasteiger partial charge in [-0.05, 0) is 99.1 Å². The van der Waals surface area contributed by atoms with Gasteiger partial charge in [0.1, 0.15) is 0 Å². The minimum Gasteiger partial charge on any atom is -0.351 e. The second-order valence-electron chi connectivity index (χ2n) is 8.83. The van der Waals surface area contributed by atoms with Crippen LogP contribution in [0.4, 0.5) is 0 Å². The summed E-state index contributed by atoms with van der Waals surface area (Å²) in [5, 5.41) is 3.02. The fourth-order valence-electron chi connectivity index (χ4n) is 3.58. The van der Waals surface area contributed by atoms with E-state index in [-0.39, 0.29) is 5.91 Å². The van der Waals surface area contributed by atoms with E-state index in [1.54, 1.807) is 6.08 Å². The lowest BCUT2D eigenvalue weighted by molar-refractivity contribution is -0.116. The molecule has 0 bridgehead atoms. The van der Waals surface area contributed by atoms with Gasteiger partial charge in [0.05, 0.1) is 0 Å². The molecule has 1 aliphatic heterocycles. The molecule has 164 valence electrons. The number of hydrogen-bond acceptors (Lipinski definition) is 2. The maximum Gasteiger partial charge on any atom is 0.243 e. The minimum atomic E-state index is 0.0520. The molecule has 29 heavy (non-hydrogen) atoms. The average Bonchev–Trinajstić information content (AvgIpc) is 3.14. The van der Waals surface area contributed by atoms with Crippen molar-refractivity contribution in [1.29, 1.82) is 0 Å². The Bertz CT molecular complexity index is 600. The summed E-state index contributed by atoms with van der Waals surface area (Å²) in [6.07, 6.45) is 17.9. The highest BCUT2D eigenvalue weighted by atomic mass is 16.1. The quantitative estimate of drug-likeness (QED) is 0.289. The molecule has 0 aromatic carbocycles. The van der Waals surface area contributed by atoms with Crippen LogP contribution in [0.2, 0.25) is 0 Å². The fraction of sp³-hybridized carbons (Fsp3) is 0.654. The molecule has 1 aliphatic rings. The van der Waals surface area contributed by atoms with Gasteiger partial charge in [0, 0.05) is 19.2 Å². The molecular formula is C26H44N2O. The van der Waals surface area contributed by atoms with Crippen LogP contribution in [0.1, 0.15) is 86.0 Å². The topological polar surface area (TPSA) is 32.3 Å². The third-order valence-corrected chi connectivity index (χ3v) is 5.46. The Morgan fingerprint density at radius 3 is 1.86 bits per heavy atom. The predicted molar refractivity (Wildman–Crippen MR) is 127 cm³/mol. The number of likely N-dealkylation sites (tertiary alicyclic amines) is 1. The van der Waals surface area contributed by atoms with E-state index in [2.05, 4.69) is 63.1 Å². The lowest BCUT2D eigenvalue weighted by Gasteiger charge is -2.14. The van der Waals surface area contributed by atoms with Crippen molar-refractivity contribution in [1.82, 2.24) is 10.2 Å². The number of carbonyl (C=O) groups excluding carboxylic acids is 1. The van der Waals surface area contributed by atoms with Crippen molar-refractivity contribution in [2.75, 3.05) is 26.2 Å². The molecule has 1 N–H and O–H groups in total. The summed E-state index contributed by atoms with van der Waals surface area (Å²) in [7, 11) is 0. The van der Waals surface area contributed by atoms with Gasteiger partial charge in [-0.3, -0.25) is 4.79 Å². The number of nitrogens with one attached hydrogen (secondary N) is 1. The van der Waals surface area contributed by atoms with Gasteiger partial charge >= 0.3 is 0 Å². The lowest BCUT2D eigenvalue weighted by atomic mass is 10.0. The summed E-state index contributed by atoms with van der Waals surface area (Å²) in [4.78, 5) is 14.4. The number of allylic oxidation sites excluding steroid dienone is 7. The van der Waals surface area contributed by atoms with Gasteiger partial charge in [-0.2, -0.15) is 0 Å². The van der Waals surface area contributed by atoms with E-state index in [9.17, 15) is 4.79 Å². The van der Waals surface area contributed by atoms with Crippen LogP contribution < -0.4 is 5.32 Å². The van der Waals surface area contributed by atoms with Crippen molar-refractivity contribution >= 4 is 5.91 Å². The summed E-state index contributed by atoms with van der Waals surface area (Å²) in [5.74, 6) is 0.0520. The van der Waals surface area contributed by atoms with Crippen LogP contribution >= 0.6 is 0 Å². The van der Waals surface area contributed by atoms with E-state index in [1.165, 1.54) is 42.7 Å². The SMILES string of the molecule is CC(C)=CCCC(C)=CCCC(C)=CCCC(C)=CC(=O)NCCN1CCCC1. The summed E-state index contributed by atoms with van der Waals surface area (Å²) in [5.41, 5.74) is 5.49. The van der Waals surface area contributed by atoms with Crippen LogP contribution in [0.5, 0.6) is 0 Å². The van der Waals surface area contributed by atoms with Crippen molar-refractivity contribution in [2.24, 2.45) is 0 Å². The van der Waals surface area contributed by atoms with Crippen LogP contribution in [0, 0.1) is 0 Å². The highest BCUT2D eigenvalue weighted by Gasteiger charge is 2.10. The van der Waals surface area contributed by atoms with E-state index in [1.807, 2.05) is 0 Å². The van der Waals surface area contributed by atoms with Gasteiger partial charge in [-0.1, -0.05) is 40.5 Å². The molecule has 0 aromatic heterocycles. The largest absolute Gasteiger partial charge is 0.351 e. The molecule has 0 saturated carbocycles. The Kier molecular flexibility index (Phi) is 13.4. The van der Waals surface area contributed by atoms with E-state index in [4.69, 9.17) is 0 Å². The maximum atomic E-state index is 12.0. The van der Waals surface area contributed by atoms with Gasteiger partial charge in [0.2, 0.25) is 5.91 Å². The van der Waals surface area contributed by atoms with E-state index < -0.39 is 0 Å². The second kappa shape index (κ2) is 15.3. The summed E-state index contributed by atoms with van der Waals surface area (Å²) < 4.78 is 0. The van der Waals surface area contributed by atoms with Crippen LogP contribution in [-0.4, -0.2) is 37.0 Å². The molecule has 0 atom stereocenters. The van der Waals surface area contributed by atoms with E-state index in [0.717, 1.165) is 57.2 Å². The molecule has 0 aromatic rings. The minimum absolute atomic E-state index is 0.0520. The molecular weight excluding hydrogens is 356 g/mol. The Labute approximate surface area is 180 Å². The van der Waals surface area contributed by atoms with Crippen LogP contribution in [0.25, 0.3) is 0 Å². The van der Waals surface area contributed by atoms with Crippen molar-refractivity contribution < 1.29 is 4.79 Å². The van der Waals surface area contributed by atoms with E-state index >= 15 is 0 Å². The Hall–Kier alpha value is -1.61. The van der Waals surface area contributed by atoms with Crippen LogP contribution in [-0.2, 0) is 4.79 Å². The molecule has 1 fully saturated rings. The zero-order valence-corrected chi connectivity index (χ0v) is 19.7. The van der Waals surface area contributed by atoms with Crippen molar-refractivity contribution in [3.8, 4) is 0 Å². The lowest BCUT2D eigenvalue weighted by Crippen LogP contribution is -2.32. The molecule has 3 heteroatoms. The number of nitrogens with zero attached hydrogens (tertiary/aromatic N) is 1. The van der Waals surface area contributed by atoms with Gasteiger partial charge in [-0.15, -0.1) is 0 Å². The highest BCUT2D eigenvalue weighted by molar-refractivity contribution is 5.88. The van der Waals surface area contributed by atoms with Gasteiger partial charge in [-0.25, -0.2) is 0 Å². The summed E-state index contributed by atoms with van der Waals surface area (Å²) >= 11 is 0. The molecule has 1 rings (SSSR count). The second-order valence-corrected chi connectivity index (χ2v) is 8.83. The first-order valence-electron chi connectivity index (χ1n) is 11.5. The zero-order chi connectivity index (χ0) is 21.5. The third kappa shape index (κ3) is 14.1. The first-order chi connectivity index (χ1) is 13.9. The summed E-state index contributed by atoms with van der Waals surface area (Å²) in [6.45, 7) is 14.9. The monoisotopic (exact) mass is 400 g/mol. The number of amides is 1. The molecule has 1 saturated heterocycles. The fourth-order valence-corrected chi connectivity index (χ4v) is 3.58. The highest BCUT2D eigenvalue weighted by Crippen LogP contribution is 2.13. The van der Waals surface area contributed by atoms with Crippen molar-refractivity contribution in [3.05, 3.63) is 46.6 Å². The summed E-state index contributed by atoms with van der Waals surface area (Å²) in [6, 6.07) is 0. The molecule has 3 nitrogen and oxygen atoms in total. The Morgan fingerprint density at radius 1 is 0.793 bits per heavy atom.